The van der Waals surface area contributed by atoms with Gasteiger partial charge in [-0.25, -0.2) is 4.39 Å². The summed E-state index contributed by atoms with van der Waals surface area (Å²) in [5.41, 5.74) is 0. The second kappa shape index (κ2) is 18.6. The fourth-order valence-electron chi connectivity index (χ4n) is 2.54. The Labute approximate surface area is 125 Å². The Morgan fingerprint density at radius 1 is 0.500 bits per heavy atom. The van der Waals surface area contributed by atoms with Crippen molar-refractivity contribution in [2.45, 2.75) is 96.3 Å². The molecule has 20 heavy (non-hydrogen) atoms. The lowest BCUT2D eigenvalue weighted by Gasteiger charge is -2.02. The third kappa shape index (κ3) is 17.6. The normalized spacial score (nSPS) is 11.5. The molecule has 0 N–H and O–H groups in total. The van der Waals surface area contributed by atoms with Gasteiger partial charge in [-0.15, -0.1) is 0 Å². The highest BCUT2D eigenvalue weighted by Gasteiger charge is 1.94. The van der Waals surface area contributed by atoms with Crippen LogP contribution in [-0.2, 0) is 0 Å². The highest BCUT2D eigenvalue weighted by Crippen LogP contribution is 2.13. The van der Waals surface area contributed by atoms with Crippen molar-refractivity contribution in [3.8, 4) is 0 Å². The van der Waals surface area contributed by atoms with Gasteiger partial charge in [0.15, 0.2) is 0 Å². The van der Waals surface area contributed by atoms with E-state index in [1.165, 1.54) is 70.6 Å². The lowest BCUT2D eigenvalue weighted by Crippen LogP contribution is -1.83. The molecule has 0 radical (unpaired) electrons. The second-order valence-corrected chi connectivity index (χ2v) is 5.79. The van der Waals surface area contributed by atoms with Gasteiger partial charge in [0.25, 0.3) is 0 Å². The summed E-state index contributed by atoms with van der Waals surface area (Å²) in [4.78, 5) is 0. The van der Waals surface area contributed by atoms with E-state index in [1.807, 2.05) is 0 Å². The average molecular weight is 288 g/mol. The van der Waals surface area contributed by atoms with E-state index in [-0.39, 0.29) is 6.67 Å². The molecular formula is C18H34F2. The molecule has 0 bridgehead atoms. The van der Waals surface area contributed by atoms with Crippen molar-refractivity contribution in [2.24, 2.45) is 0 Å². The van der Waals surface area contributed by atoms with Gasteiger partial charge >= 0.3 is 0 Å². The Morgan fingerprint density at radius 2 is 0.850 bits per heavy atom. The lowest BCUT2D eigenvalue weighted by molar-refractivity contribution is 0.448. The molecular weight excluding hydrogens is 254 g/mol. The molecule has 120 valence electrons. The molecule has 0 rings (SSSR count). The zero-order valence-electron chi connectivity index (χ0n) is 13.2. The van der Waals surface area contributed by atoms with Crippen molar-refractivity contribution < 1.29 is 8.78 Å². The lowest BCUT2D eigenvalue weighted by atomic mass is 10.0. The van der Waals surface area contributed by atoms with E-state index in [2.05, 4.69) is 0 Å². The summed E-state index contributed by atoms with van der Waals surface area (Å²) in [5.74, 6) is 0. The van der Waals surface area contributed by atoms with Crippen molar-refractivity contribution in [1.29, 1.82) is 0 Å². The molecule has 0 aliphatic heterocycles. The fraction of sp³-hybridized carbons (Fsp3) is 0.889. The first-order valence-electron chi connectivity index (χ1n) is 8.73. The number of hydrogen-bond donors (Lipinski definition) is 0. The number of alkyl halides is 1. The highest BCUT2D eigenvalue weighted by molar-refractivity contribution is 4.71. The zero-order chi connectivity index (χ0) is 14.7. The number of hydrogen-bond acceptors (Lipinski definition) is 0. The minimum absolute atomic E-state index is 0.146. The van der Waals surface area contributed by atoms with Gasteiger partial charge in [-0.05, 0) is 19.3 Å². The Balaban J connectivity index is 2.92. The quantitative estimate of drug-likeness (QED) is 0.261. The van der Waals surface area contributed by atoms with Crippen LogP contribution in [0.5, 0.6) is 0 Å². The molecule has 0 atom stereocenters. The monoisotopic (exact) mass is 288 g/mol. The molecule has 0 fully saturated rings. The van der Waals surface area contributed by atoms with E-state index in [9.17, 15) is 8.78 Å². The van der Waals surface area contributed by atoms with Gasteiger partial charge in [0.2, 0.25) is 0 Å². The first-order valence-corrected chi connectivity index (χ1v) is 8.73. The van der Waals surface area contributed by atoms with Gasteiger partial charge in [-0.3, -0.25) is 4.39 Å². The Morgan fingerprint density at radius 3 is 1.20 bits per heavy atom. The van der Waals surface area contributed by atoms with E-state index >= 15 is 0 Å². The second-order valence-electron chi connectivity index (χ2n) is 5.79. The van der Waals surface area contributed by atoms with Crippen LogP contribution in [0.1, 0.15) is 96.3 Å². The van der Waals surface area contributed by atoms with Crippen LogP contribution in [0.3, 0.4) is 0 Å². The van der Waals surface area contributed by atoms with Crippen LogP contribution < -0.4 is 0 Å². The van der Waals surface area contributed by atoms with Crippen LogP contribution in [0.15, 0.2) is 12.4 Å². The summed E-state index contributed by atoms with van der Waals surface area (Å²) in [6, 6.07) is 0. The van der Waals surface area contributed by atoms with Gasteiger partial charge < -0.3 is 0 Å². The highest BCUT2D eigenvalue weighted by atomic mass is 19.1. The van der Waals surface area contributed by atoms with E-state index < -0.39 is 0 Å². The van der Waals surface area contributed by atoms with Crippen molar-refractivity contribution in [2.75, 3.05) is 6.67 Å². The Hall–Kier alpha value is -0.400. The van der Waals surface area contributed by atoms with Crippen molar-refractivity contribution in [3.63, 3.8) is 0 Å². The summed E-state index contributed by atoms with van der Waals surface area (Å²) in [6.45, 7) is -0.146. The summed E-state index contributed by atoms with van der Waals surface area (Å²) < 4.78 is 23.5. The third-order valence-electron chi connectivity index (χ3n) is 3.84. The molecule has 0 nitrogen and oxygen atoms in total. The fourth-order valence-corrected chi connectivity index (χ4v) is 2.54. The van der Waals surface area contributed by atoms with E-state index in [1.54, 1.807) is 6.08 Å². The molecule has 0 aliphatic carbocycles. The minimum atomic E-state index is -0.146. The molecule has 0 unspecified atom stereocenters. The van der Waals surface area contributed by atoms with E-state index in [0.717, 1.165) is 25.7 Å². The molecule has 0 saturated carbocycles. The maximum Gasteiger partial charge on any atom is 0.0894 e. The summed E-state index contributed by atoms with van der Waals surface area (Å²) >= 11 is 0. The van der Waals surface area contributed by atoms with Crippen molar-refractivity contribution in [1.82, 2.24) is 0 Å². The maximum absolute atomic E-state index is 11.9. The standard InChI is InChI=1S/C18H34F2/c19-17-15-13-11-9-7-5-3-1-2-4-6-8-10-12-14-16-18-20/h15,17H,1-14,16,18H2. The van der Waals surface area contributed by atoms with Crippen molar-refractivity contribution >= 4 is 0 Å². The molecule has 0 aromatic rings. The van der Waals surface area contributed by atoms with Crippen LogP contribution in [-0.4, -0.2) is 6.67 Å². The van der Waals surface area contributed by atoms with Crippen LogP contribution in [0.25, 0.3) is 0 Å². The predicted molar refractivity (Wildman–Crippen MR) is 85.5 cm³/mol. The van der Waals surface area contributed by atoms with Gasteiger partial charge in [0.05, 0.1) is 13.0 Å². The minimum Gasteiger partial charge on any atom is -0.251 e. The average Bonchev–Trinajstić information content (AvgIpc) is 2.47. The molecule has 0 amide bonds. The van der Waals surface area contributed by atoms with Crippen LogP contribution in [0.4, 0.5) is 8.78 Å². The van der Waals surface area contributed by atoms with E-state index in [0.29, 0.717) is 6.33 Å². The van der Waals surface area contributed by atoms with Crippen LogP contribution in [0.2, 0.25) is 0 Å². The van der Waals surface area contributed by atoms with Crippen LogP contribution >= 0.6 is 0 Å². The topological polar surface area (TPSA) is 0 Å². The number of allylic oxidation sites excluding steroid dienone is 1. The first kappa shape index (κ1) is 19.6. The Kier molecular flexibility index (Phi) is 18.2. The molecule has 0 heterocycles. The van der Waals surface area contributed by atoms with Gasteiger partial charge in [-0.2, -0.15) is 0 Å². The molecule has 0 aliphatic rings. The van der Waals surface area contributed by atoms with E-state index in [4.69, 9.17) is 0 Å². The van der Waals surface area contributed by atoms with Gasteiger partial charge in [0.1, 0.15) is 0 Å². The van der Waals surface area contributed by atoms with Crippen molar-refractivity contribution in [3.05, 3.63) is 12.4 Å². The zero-order valence-corrected chi connectivity index (χ0v) is 13.2. The van der Waals surface area contributed by atoms with Gasteiger partial charge in [-0.1, -0.05) is 83.1 Å². The number of rotatable bonds is 16. The maximum atomic E-state index is 11.9. The molecule has 0 saturated heterocycles. The molecule has 0 spiro atoms. The number of unbranched alkanes of at least 4 members (excludes halogenated alkanes) is 14. The summed E-state index contributed by atoms with van der Waals surface area (Å²) in [5, 5.41) is 0. The molecule has 0 aromatic heterocycles. The SMILES string of the molecule is FC=CCCCCCCCCCCCCCCCCF. The summed E-state index contributed by atoms with van der Waals surface area (Å²) in [6.07, 6.45) is 20.6. The smallest absolute Gasteiger partial charge is 0.0894 e. The predicted octanol–water partition coefficient (Wildman–Crippen LogP) is 7.29. The van der Waals surface area contributed by atoms with Gasteiger partial charge in [0, 0.05) is 0 Å². The molecule has 2 heteroatoms. The third-order valence-corrected chi connectivity index (χ3v) is 3.84. The largest absolute Gasteiger partial charge is 0.251 e. The first-order chi connectivity index (χ1) is 9.91. The summed E-state index contributed by atoms with van der Waals surface area (Å²) in [7, 11) is 0. The van der Waals surface area contributed by atoms with Crippen LogP contribution in [0, 0.1) is 0 Å². The molecule has 0 aromatic carbocycles. The number of halogens is 2. The Bertz CT molecular complexity index is 190.